The largest absolute Gasteiger partial charge is 0.314 e. The first kappa shape index (κ1) is 13.1. The van der Waals surface area contributed by atoms with Gasteiger partial charge in [0.05, 0.1) is 0 Å². The summed E-state index contributed by atoms with van der Waals surface area (Å²) in [6.07, 6.45) is 5.70. The maximum Gasteiger partial charge on any atom is 0.0377 e. The van der Waals surface area contributed by atoms with Gasteiger partial charge in [0.15, 0.2) is 0 Å². The highest BCUT2D eigenvalue weighted by Gasteiger charge is 2.31. The minimum absolute atomic E-state index is 0.657. The first-order valence-electron chi connectivity index (χ1n) is 7.86. The third-order valence-corrected chi connectivity index (χ3v) is 4.77. The van der Waals surface area contributed by atoms with Crippen molar-refractivity contribution in [2.75, 3.05) is 26.2 Å². The third kappa shape index (κ3) is 3.01. The van der Waals surface area contributed by atoms with E-state index in [1.165, 1.54) is 44.3 Å². The molecule has 0 unspecified atom stereocenters. The van der Waals surface area contributed by atoms with Crippen LogP contribution in [-0.2, 0) is 0 Å². The lowest BCUT2D eigenvalue weighted by Crippen LogP contribution is -2.46. The Morgan fingerprint density at radius 3 is 2.58 bits per heavy atom. The summed E-state index contributed by atoms with van der Waals surface area (Å²) < 4.78 is 0. The SMILES string of the molecule is Cc1cccc([C@H](C2CCCC2)N2CCNCC2)c1. The number of aryl methyl sites for hydroxylation is 1. The zero-order valence-electron chi connectivity index (χ0n) is 12.1. The zero-order chi connectivity index (χ0) is 13.1. The Kier molecular flexibility index (Phi) is 4.19. The number of piperazine rings is 1. The molecule has 104 valence electrons. The van der Waals surface area contributed by atoms with E-state index in [9.17, 15) is 0 Å². The van der Waals surface area contributed by atoms with Crippen LogP contribution in [0.5, 0.6) is 0 Å². The van der Waals surface area contributed by atoms with Crippen molar-refractivity contribution >= 4 is 0 Å². The van der Waals surface area contributed by atoms with Crippen LogP contribution in [0.2, 0.25) is 0 Å². The topological polar surface area (TPSA) is 15.3 Å². The van der Waals surface area contributed by atoms with E-state index in [1.54, 1.807) is 5.56 Å². The van der Waals surface area contributed by atoms with Gasteiger partial charge in [0, 0.05) is 32.2 Å². The molecule has 1 saturated carbocycles. The molecule has 2 aliphatic rings. The lowest BCUT2D eigenvalue weighted by atomic mass is 9.89. The third-order valence-electron chi connectivity index (χ3n) is 4.77. The van der Waals surface area contributed by atoms with E-state index >= 15 is 0 Å². The summed E-state index contributed by atoms with van der Waals surface area (Å²) in [5.41, 5.74) is 2.95. The first-order valence-corrected chi connectivity index (χ1v) is 7.86. The monoisotopic (exact) mass is 258 g/mol. The summed E-state index contributed by atoms with van der Waals surface area (Å²) >= 11 is 0. The average Bonchev–Trinajstić information content (AvgIpc) is 2.94. The Bertz CT molecular complexity index is 403. The van der Waals surface area contributed by atoms with Crippen LogP contribution in [0.15, 0.2) is 24.3 Å². The molecule has 0 aromatic heterocycles. The maximum absolute atomic E-state index is 3.48. The molecule has 0 amide bonds. The number of hydrogen-bond donors (Lipinski definition) is 1. The number of benzene rings is 1. The molecule has 0 bridgehead atoms. The normalized spacial score (nSPS) is 23.6. The summed E-state index contributed by atoms with van der Waals surface area (Å²) in [6, 6.07) is 9.86. The molecule has 1 aliphatic carbocycles. The van der Waals surface area contributed by atoms with Crippen LogP contribution in [0.4, 0.5) is 0 Å². The van der Waals surface area contributed by atoms with Gasteiger partial charge in [-0.15, -0.1) is 0 Å². The Morgan fingerprint density at radius 2 is 1.89 bits per heavy atom. The van der Waals surface area contributed by atoms with Crippen LogP contribution in [0, 0.1) is 12.8 Å². The van der Waals surface area contributed by atoms with E-state index in [-0.39, 0.29) is 0 Å². The van der Waals surface area contributed by atoms with Gasteiger partial charge in [-0.2, -0.15) is 0 Å². The summed E-state index contributed by atoms with van der Waals surface area (Å²) in [4.78, 5) is 2.72. The van der Waals surface area contributed by atoms with Crippen molar-refractivity contribution < 1.29 is 0 Å². The molecule has 1 saturated heterocycles. The Morgan fingerprint density at radius 1 is 1.16 bits per heavy atom. The van der Waals surface area contributed by atoms with Crippen molar-refractivity contribution in [3.63, 3.8) is 0 Å². The highest BCUT2D eigenvalue weighted by atomic mass is 15.2. The Labute approximate surface area is 117 Å². The highest BCUT2D eigenvalue weighted by molar-refractivity contribution is 5.26. The lowest BCUT2D eigenvalue weighted by molar-refractivity contribution is 0.125. The van der Waals surface area contributed by atoms with Crippen LogP contribution in [0.1, 0.15) is 42.9 Å². The predicted octanol–water partition coefficient (Wildman–Crippen LogP) is 3.13. The molecule has 3 rings (SSSR count). The molecule has 2 fully saturated rings. The maximum atomic E-state index is 3.48. The summed E-state index contributed by atoms with van der Waals surface area (Å²) in [5.74, 6) is 0.875. The molecule has 1 atom stereocenters. The highest BCUT2D eigenvalue weighted by Crippen LogP contribution is 2.39. The van der Waals surface area contributed by atoms with Crippen LogP contribution in [0.3, 0.4) is 0 Å². The molecule has 1 N–H and O–H groups in total. The van der Waals surface area contributed by atoms with Crippen LogP contribution in [-0.4, -0.2) is 31.1 Å². The fraction of sp³-hybridized carbons (Fsp3) is 0.647. The smallest absolute Gasteiger partial charge is 0.0377 e. The fourth-order valence-corrected chi connectivity index (χ4v) is 3.87. The van der Waals surface area contributed by atoms with Crippen LogP contribution in [0.25, 0.3) is 0 Å². The van der Waals surface area contributed by atoms with Gasteiger partial charge in [0.25, 0.3) is 0 Å². The van der Waals surface area contributed by atoms with E-state index in [2.05, 4.69) is 41.4 Å². The molecular weight excluding hydrogens is 232 g/mol. The molecule has 1 aliphatic heterocycles. The molecular formula is C17H26N2. The van der Waals surface area contributed by atoms with Gasteiger partial charge in [-0.25, -0.2) is 0 Å². The van der Waals surface area contributed by atoms with E-state index in [0.717, 1.165) is 19.0 Å². The summed E-state index contributed by atoms with van der Waals surface area (Å²) in [6.45, 7) is 6.92. The van der Waals surface area contributed by atoms with Gasteiger partial charge in [-0.3, -0.25) is 4.90 Å². The first-order chi connectivity index (χ1) is 9.34. The van der Waals surface area contributed by atoms with Crippen molar-refractivity contribution in [3.8, 4) is 0 Å². The molecule has 1 aromatic rings. The Hall–Kier alpha value is -0.860. The zero-order valence-corrected chi connectivity index (χ0v) is 12.1. The Balaban J connectivity index is 1.86. The quantitative estimate of drug-likeness (QED) is 0.896. The molecule has 1 heterocycles. The second-order valence-electron chi connectivity index (χ2n) is 6.19. The van der Waals surface area contributed by atoms with Crippen molar-refractivity contribution in [2.45, 2.75) is 38.6 Å². The fourth-order valence-electron chi connectivity index (χ4n) is 3.87. The van der Waals surface area contributed by atoms with Gasteiger partial charge >= 0.3 is 0 Å². The van der Waals surface area contributed by atoms with Gasteiger partial charge < -0.3 is 5.32 Å². The average molecular weight is 258 g/mol. The minimum Gasteiger partial charge on any atom is -0.314 e. The van der Waals surface area contributed by atoms with Crippen molar-refractivity contribution in [1.29, 1.82) is 0 Å². The number of rotatable bonds is 3. The van der Waals surface area contributed by atoms with Crippen molar-refractivity contribution in [3.05, 3.63) is 35.4 Å². The lowest BCUT2D eigenvalue weighted by Gasteiger charge is -2.38. The number of nitrogens with zero attached hydrogens (tertiary/aromatic N) is 1. The standard InChI is InChI=1S/C17H26N2/c1-14-5-4-8-16(13-14)17(15-6-2-3-7-15)19-11-9-18-10-12-19/h4-5,8,13,15,17-18H,2-3,6-7,9-12H2,1H3/t17-/m0/s1. The van der Waals surface area contributed by atoms with Crippen LogP contribution < -0.4 is 5.32 Å². The second kappa shape index (κ2) is 6.06. The van der Waals surface area contributed by atoms with Crippen molar-refractivity contribution in [1.82, 2.24) is 10.2 Å². The molecule has 0 spiro atoms. The van der Waals surface area contributed by atoms with Gasteiger partial charge in [0.2, 0.25) is 0 Å². The van der Waals surface area contributed by atoms with Crippen molar-refractivity contribution in [2.24, 2.45) is 5.92 Å². The number of hydrogen-bond acceptors (Lipinski definition) is 2. The molecule has 2 heteroatoms. The molecule has 2 nitrogen and oxygen atoms in total. The van der Waals surface area contributed by atoms with Gasteiger partial charge in [-0.1, -0.05) is 42.7 Å². The predicted molar refractivity (Wildman–Crippen MR) is 80.3 cm³/mol. The molecule has 0 radical (unpaired) electrons. The molecule has 1 aromatic carbocycles. The molecule has 19 heavy (non-hydrogen) atoms. The summed E-state index contributed by atoms with van der Waals surface area (Å²) in [7, 11) is 0. The second-order valence-corrected chi connectivity index (χ2v) is 6.19. The van der Waals surface area contributed by atoms with E-state index < -0.39 is 0 Å². The van der Waals surface area contributed by atoms with Gasteiger partial charge in [-0.05, 0) is 31.2 Å². The number of nitrogens with one attached hydrogen (secondary N) is 1. The van der Waals surface area contributed by atoms with Gasteiger partial charge in [0.1, 0.15) is 0 Å². The van der Waals surface area contributed by atoms with E-state index in [4.69, 9.17) is 0 Å². The minimum atomic E-state index is 0.657. The van der Waals surface area contributed by atoms with E-state index in [1.807, 2.05) is 0 Å². The van der Waals surface area contributed by atoms with Crippen LogP contribution >= 0.6 is 0 Å². The summed E-state index contributed by atoms with van der Waals surface area (Å²) in [5, 5.41) is 3.48. The van der Waals surface area contributed by atoms with E-state index in [0.29, 0.717) is 6.04 Å².